The van der Waals surface area contributed by atoms with Crippen LogP contribution in [-0.4, -0.2) is 9.97 Å². The highest BCUT2D eigenvalue weighted by atomic mass is 35.5. The van der Waals surface area contributed by atoms with E-state index < -0.39 is 35.3 Å². The fraction of sp³-hybridized carbons (Fsp3) is 0.222. The first-order valence-electron chi connectivity index (χ1n) is 14.2. The molecule has 0 aliphatic carbocycles. The summed E-state index contributed by atoms with van der Waals surface area (Å²) in [6.07, 6.45) is -10.8. The molecule has 13 heteroatoms. The second kappa shape index (κ2) is 19.5. The summed E-state index contributed by atoms with van der Waals surface area (Å²) >= 11 is 5.61. The highest BCUT2D eigenvalue weighted by Crippen LogP contribution is 2.29. The number of benzene rings is 3. The third-order valence-electron chi connectivity index (χ3n) is 5.84. The van der Waals surface area contributed by atoms with Crippen molar-refractivity contribution in [3.05, 3.63) is 165 Å². The first-order valence-corrected chi connectivity index (χ1v) is 14.5. The highest BCUT2D eigenvalue weighted by molar-refractivity contribution is 6.30. The molecule has 3 aromatic carbocycles. The number of hydrogen-bond donors (Lipinski definition) is 0. The summed E-state index contributed by atoms with van der Waals surface area (Å²) in [6, 6.07) is 23.9. The average molecular weight is 719 g/mol. The average Bonchev–Trinajstić information content (AvgIpc) is 3.01. The maximum Gasteiger partial charge on any atom is 0.433 e. The van der Waals surface area contributed by atoms with E-state index in [0.29, 0.717) is 5.69 Å². The first kappa shape index (κ1) is 42.6. The zero-order valence-corrected chi connectivity index (χ0v) is 27.7. The Morgan fingerprint density at radius 3 is 1.16 bits per heavy atom. The molecule has 0 atom stereocenters. The predicted molar refractivity (Wildman–Crippen MR) is 171 cm³/mol. The summed E-state index contributed by atoms with van der Waals surface area (Å²) in [7, 11) is 0. The van der Waals surface area contributed by atoms with Gasteiger partial charge in [0.05, 0.1) is 11.1 Å². The fourth-order valence-corrected chi connectivity index (χ4v) is 3.21. The van der Waals surface area contributed by atoms with E-state index in [9.17, 15) is 43.9 Å². The number of alkyl halides is 9. The molecule has 0 radical (unpaired) electrons. The van der Waals surface area contributed by atoms with E-state index in [2.05, 4.69) is 9.97 Å². The van der Waals surface area contributed by atoms with Crippen LogP contribution in [0.3, 0.4) is 0 Å². The van der Waals surface area contributed by atoms with E-state index >= 15 is 0 Å². The van der Waals surface area contributed by atoms with Crippen LogP contribution in [0.4, 0.5) is 43.9 Å². The van der Waals surface area contributed by atoms with E-state index in [1.807, 2.05) is 38.1 Å². The van der Waals surface area contributed by atoms with Crippen molar-refractivity contribution in [2.45, 2.75) is 53.1 Å². The topological polar surface area (TPSA) is 25.8 Å². The van der Waals surface area contributed by atoms with Gasteiger partial charge in [0.1, 0.15) is 11.5 Å². The van der Waals surface area contributed by atoms with Gasteiger partial charge < -0.3 is 0 Å². The van der Waals surface area contributed by atoms with Crippen molar-refractivity contribution in [3.63, 3.8) is 0 Å². The largest absolute Gasteiger partial charge is 0.433 e. The summed E-state index contributed by atoms with van der Waals surface area (Å²) in [5, 5.41) is 0.801. The molecule has 0 N–H and O–H groups in total. The fourth-order valence-electron chi connectivity index (χ4n) is 3.08. The molecule has 49 heavy (non-hydrogen) atoms. The summed E-state index contributed by atoms with van der Waals surface area (Å²) in [4.78, 5) is 6.75. The Labute approximate surface area is 283 Å². The van der Waals surface area contributed by atoms with Gasteiger partial charge in [-0.15, -0.1) is 0 Å². The molecule has 0 saturated heterocycles. The Balaban J connectivity index is 0.000000308. The summed E-state index contributed by atoms with van der Waals surface area (Å²) in [6.45, 7) is 9.04. The van der Waals surface area contributed by atoms with Gasteiger partial charge in [-0.25, -0.2) is 4.39 Å². The van der Waals surface area contributed by atoms with Gasteiger partial charge >= 0.3 is 18.5 Å². The summed E-state index contributed by atoms with van der Waals surface area (Å²) < 4.78 is 119. The Hall–Kier alpha value is -4.45. The molecular formula is C36H33ClF10N2. The van der Waals surface area contributed by atoms with Crippen LogP contribution in [-0.2, 0) is 18.5 Å². The van der Waals surface area contributed by atoms with Crippen molar-refractivity contribution in [1.82, 2.24) is 9.97 Å². The van der Waals surface area contributed by atoms with Crippen LogP contribution in [0, 0.1) is 40.4 Å². The standard InChI is InChI=1S/C8H7F3.C7H7Cl.2C7H6F3N.C7H7F/c1-6-2-4-7(5-3-6)8(9,10)11;1-6-2-4-7(8)5-3-6;1-5-2-3-6(4-11-5)7(8,9)10;1-5-2-3-6(11-4-5)7(8,9)10;1-6-2-4-7(8)5-3-6/h2-5H,1H3;2-5H,1H3;2*2-4H,1H3;2-5H,1H3. The van der Waals surface area contributed by atoms with Gasteiger partial charge in [0.25, 0.3) is 0 Å². The SMILES string of the molecule is Cc1ccc(C(F)(F)F)cc1.Cc1ccc(C(F)(F)F)cn1.Cc1ccc(C(F)(F)F)nc1.Cc1ccc(Cl)cc1.Cc1ccc(F)cc1. The Bertz CT molecular complexity index is 1410. The number of aromatic nitrogens is 2. The van der Waals surface area contributed by atoms with Crippen molar-refractivity contribution in [2.75, 3.05) is 0 Å². The van der Waals surface area contributed by atoms with Crippen LogP contribution in [0.25, 0.3) is 0 Å². The second-order valence-electron chi connectivity index (χ2n) is 10.4. The molecule has 0 aliphatic heterocycles. The second-order valence-corrected chi connectivity index (χ2v) is 10.8. The minimum absolute atomic E-state index is 0.171. The van der Waals surface area contributed by atoms with E-state index in [1.165, 1.54) is 48.2 Å². The number of aryl methyl sites for hydroxylation is 5. The maximum atomic E-state index is 12.1. The third kappa shape index (κ3) is 18.6. The van der Waals surface area contributed by atoms with Gasteiger partial charge in [-0.2, -0.15) is 39.5 Å². The molecule has 2 aromatic heterocycles. The zero-order chi connectivity index (χ0) is 37.4. The lowest BCUT2D eigenvalue weighted by Gasteiger charge is -2.05. The van der Waals surface area contributed by atoms with Gasteiger partial charge in [0.15, 0.2) is 0 Å². The number of pyridine rings is 2. The van der Waals surface area contributed by atoms with Gasteiger partial charge in [0, 0.05) is 23.1 Å². The Kier molecular flexibility index (Phi) is 17.0. The molecule has 0 unspecified atom stereocenters. The minimum atomic E-state index is -4.33. The normalized spacial score (nSPS) is 10.9. The predicted octanol–water partition coefficient (Wildman–Crippen LogP) is 12.6. The molecule has 0 amide bonds. The van der Waals surface area contributed by atoms with E-state index in [-0.39, 0.29) is 5.82 Å². The summed E-state index contributed by atoms with van der Waals surface area (Å²) in [5.41, 5.74) is 2.32. The zero-order valence-electron chi connectivity index (χ0n) is 26.9. The van der Waals surface area contributed by atoms with Crippen LogP contribution >= 0.6 is 11.6 Å². The molecule has 0 fully saturated rings. The molecule has 5 rings (SSSR count). The molecular weight excluding hydrogens is 686 g/mol. The van der Waals surface area contributed by atoms with Gasteiger partial charge in [0.2, 0.25) is 0 Å². The smallest absolute Gasteiger partial charge is 0.261 e. The van der Waals surface area contributed by atoms with E-state index in [0.717, 1.165) is 52.2 Å². The van der Waals surface area contributed by atoms with E-state index in [1.54, 1.807) is 32.9 Å². The van der Waals surface area contributed by atoms with E-state index in [4.69, 9.17) is 11.6 Å². The van der Waals surface area contributed by atoms with Crippen molar-refractivity contribution < 1.29 is 43.9 Å². The van der Waals surface area contributed by atoms with Crippen molar-refractivity contribution >= 4 is 11.6 Å². The lowest BCUT2D eigenvalue weighted by atomic mass is 10.1. The highest BCUT2D eigenvalue weighted by Gasteiger charge is 2.32. The van der Waals surface area contributed by atoms with Gasteiger partial charge in [-0.1, -0.05) is 70.8 Å². The molecule has 264 valence electrons. The summed E-state index contributed by atoms with van der Waals surface area (Å²) in [5.74, 6) is -0.171. The van der Waals surface area contributed by atoms with Crippen LogP contribution in [0.5, 0.6) is 0 Å². The monoisotopic (exact) mass is 718 g/mol. The lowest BCUT2D eigenvalue weighted by Crippen LogP contribution is -2.07. The van der Waals surface area contributed by atoms with Crippen molar-refractivity contribution in [3.8, 4) is 0 Å². The van der Waals surface area contributed by atoms with Crippen molar-refractivity contribution in [1.29, 1.82) is 0 Å². The van der Waals surface area contributed by atoms with Gasteiger partial charge in [-0.05, 0) is 94.8 Å². The number of halogens is 11. The Morgan fingerprint density at radius 1 is 0.429 bits per heavy atom. The third-order valence-corrected chi connectivity index (χ3v) is 6.09. The molecule has 0 bridgehead atoms. The Morgan fingerprint density at radius 2 is 0.837 bits per heavy atom. The first-order chi connectivity index (χ1) is 22.6. The molecule has 0 aliphatic rings. The molecule has 0 spiro atoms. The molecule has 2 heterocycles. The quantitative estimate of drug-likeness (QED) is 0.149. The molecule has 5 aromatic rings. The molecule has 0 saturated carbocycles. The van der Waals surface area contributed by atoms with Gasteiger partial charge in [-0.3, -0.25) is 9.97 Å². The van der Waals surface area contributed by atoms with Crippen LogP contribution in [0.1, 0.15) is 44.8 Å². The number of nitrogens with zero attached hydrogens (tertiary/aromatic N) is 2. The maximum absolute atomic E-state index is 12.1. The number of hydrogen-bond acceptors (Lipinski definition) is 2. The number of rotatable bonds is 0. The van der Waals surface area contributed by atoms with Crippen LogP contribution in [0.15, 0.2) is 109 Å². The van der Waals surface area contributed by atoms with Crippen LogP contribution < -0.4 is 0 Å². The van der Waals surface area contributed by atoms with Crippen molar-refractivity contribution in [2.24, 2.45) is 0 Å². The molecule has 2 nitrogen and oxygen atoms in total. The van der Waals surface area contributed by atoms with Crippen LogP contribution in [0.2, 0.25) is 5.02 Å². The lowest BCUT2D eigenvalue weighted by molar-refractivity contribution is -0.141. The minimum Gasteiger partial charge on any atom is -0.261 e.